The third-order valence-corrected chi connectivity index (χ3v) is 4.23. The second kappa shape index (κ2) is 7.64. The van der Waals surface area contributed by atoms with E-state index in [1.54, 1.807) is 12.3 Å². The van der Waals surface area contributed by atoms with Gasteiger partial charge in [-0.3, -0.25) is 4.79 Å². The summed E-state index contributed by atoms with van der Waals surface area (Å²) in [5.41, 5.74) is 1.71. The molecule has 0 radical (unpaired) electrons. The molecule has 0 bridgehead atoms. The zero-order valence-corrected chi connectivity index (χ0v) is 14.3. The molecule has 126 valence electrons. The molecule has 2 aromatic rings. The quantitative estimate of drug-likeness (QED) is 0.925. The van der Waals surface area contributed by atoms with E-state index in [2.05, 4.69) is 15.2 Å². The number of halogens is 1. The molecular weight excluding hydrogens is 326 g/mol. The maximum atomic E-state index is 12.0. The molecule has 5 nitrogen and oxygen atoms in total. The number of hydrogen-bond acceptors (Lipinski definition) is 4. The molecule has 1 aromatic heterocycles. The van der Waals surface area contributed by atoms with Gasteiger partial charge in [0.15, 0.2) is 0 Å². The smallest absolute Gasteiger partial charge is 0.251 e. The molecule has 1 aromatic carbocycles. The van der Waals surface area contributed by atoms with Gasteiger partial charge in [0.25, 0.3) is 5.91 Å². The fraction of sp³-hybridized carbons (Fsp3) is 0.333. The molecule has 2 heterocycles. The molecule has 1 N–H and O–H groups in total. The molecule has 6 heteroatoms. The van der Waals surface area contributed by atoms with Crippen LogP contribution in [0.1, 0.15) is 28.9 Å². The van der Waals surface area contributed by atoms with Gasteiger partial charge in [-0.15, -0.1) is 0 Å². The van der Waals surface area contributed by atoms with E-state index in [0.717, 1.165) is 17.9 Å². The van der Waals surface area contributed by atoms with Crippen LogP contribution in [0.4, 0.5) is 5.82 Å². The van der Waals surface area contributed by atoms with E-state index in [-0.39, 0.29) is 12.0 Å². The molecule has 0 saturated carbocycles. The van der Waals surface area contributed by atoms with Crippen molar-refractivity contribution in [1.29, 1.82) is 0 Å². The lowest BCUT2D eigenvalue weighted by Gasteiger charge is -2.34. The Hall–Kier alpha value is -2.11. The number of amides is 1. The highest BCUT2D eigenvalue weighted by molar-refractivity contribution is 6.30. The molecule has 0 spiro atoms. The van der Waals surface area contributed by atoms with Crippen LogP contribution in [0, 0.1) is 0 Å². The highest BCUT2D eigenvalue weighted by Crippen LogP contribution is 2.26. The highest BCUT2D eigenvalue weighted by atomic mass is 35.5. The fourth-order valence-corrected chi connectivity index (χ4v) is 2.86. The van der Waals surface area contributed by atoms with Crippen molar-refractivity contribution >= 4 is 23.3 Å². The molecule has 0 aliphatic carbocycles. The second-order valence-electron chi connectivity index (χ2n) is 5.62. The van der Waals surface area contributed by atoms with Crippen LogP contribution in [0.5, 0.6) is 0 Å². The lowest BCUT2D eigenvalue weighted by molar-refractivity contribution is 0.0395. The molecule has 1 saturated heterocycles. The Morgan fingerprint density at radius 1 is 1.38 bits per heavy atom. The molecule has 1 unspecified atom stereocenters. The fourth-order valence-electron chi connectivity index (χ4n) is 2.73. The maximum Gasteiger partial charge on any atom is 0.251 e. The van der Waals surface area contributed by atoms with Crippen LogP contribution < -0.4 is 10.2 Å². The summed E-state index contributed by atoms with van der Waals surface area (Å²) in [5.74, 6) is 0.713. The monoisotopic (exact) mass is 345 g/mol. The number of morpholine rings is 1. The number of hydrogen-bond donors (Lipinski definition) is 1. The lowest BCUT2D eigenvalue weighted by Crippen LogP contribution is -2.39. The van der Waals surface area contributed by atoms with E-state index in [0.29, 0.717) is 30.3 Å². The number of rotatable bonds is 4. The van der Waals surface area contributed by atoms with Crippen molar-refractivity contribution < 1.29 is 9.53 Å². The van der Waals surface area contributed by atoms with Gasteiger partial charge in [0.2, 0.25) is 0 Å². The maximum absolute atomic E-state index is 12.0. The van der Waals surface area contributed by atoms with Gasteiger partial charge in [-0.25, -0.2) is 4.98 Å². The van der Waals surface area contributed by atoms with Crippen molar-refractivity contribution in [3.05, 3.63) is 58.7 Å². The van der Waals surface area contributed by atoms with Crippen LogP contribution in [0.25, 0.3) is 0 Å². The van der Waals surface area contributed by atoms with Crippen LogP contribution in [-0.2, 0) is 4.74 Å². The Labute approximate surface area is 146 Å². The zero-order valence-electron chi connectivity index (χ0n) is 13.5. The molecule has 1 fully saturated rings. The van der Waals surface area contributed by atoms with Crippen molar-refractivity contribution in [1.82, 2.24) is 10.3 Å². The van der Waals surface area contributed by atoms with Crippen molar-refractivity contribution in [3.63, 3.8) is 0 Å². The Balaban J connectivity index is 1.76. The minimum atomic E-state index is -0.0799. The Bertz CT molecular complexity index is 706. The number of nitrogens with one attached hydrogen (secondary N) is 1. The summed E-state index contributed by atoms with van der Waals surface area (Å²) < 4.78 is 5.88. The van der Waals surface area contributed by atoms with Gasteiger partial charge in [-0.05, 0) is 36.8 Å². The summed E-state index contributed by atoms with van der Waals surface area (Å²) in [7, 11) is 0. The summed E-state index contributed by atoms with van der Waals surface area (Å²) >= 11 is 5.95. The van der Waals surface area contributed by atoms with Gasteiger partial charge >= 0.3 is 0 Å². The third-order valence-electron chi connectivity index (χ3n) is 3.98. The average Bonchev–Trinajstić information content (AvgIpc) is 2.63. The first kappa shape index (κ1) is 16.7. The highest BCUT2D eigenvalue weighted by Gasteiger charge is 2.23. The molecule has 1 aliphatic heterocycles. The van der Waals surface area contributed by atoms with E-state index in [4.69, 9.17) is 16.3 Å². The van der Waals surface area contributed by atoms with E-state index in [1.807, 2.05) is 37.3 Å². The van der Waals surface area contributed by atoms with E-state index in [9.17, 15) is 4.79 Å². The summed E-state index contributed by atoms with van der Waals surface area (Å²) in [4.78, 5) is 18.6. The number of benzene rings is 1. The van der Waals surface area contributed by atoms with E-state index < -0.39 is 0 Å². The topological polar surface area (TPSA) is 54.5 Å². The Morgan fingerprint density at radius 2 is 2.17 bits per heavy atom. The molecule has 3 rings (SSSR count). The summed E-state index contributed by atoms with van der Waals surface area (Å²) in [6.45, 7) is 4.55. The summed E-state index contributed by atoms with van der Waals surface area (Å²) in [5, 5.41) is 3.52. The number of aromatic nitrogens is 1. The number of nitrogens with zero attached hydrogens (tertiary/aromatic N) is 2. The van der Waals surface area contributed by atoms with E-state index >= 15 is 0 Å². The zero-order chi connectivity index (χ0) is 16.9. The number of carbonyl (C=O) groups is 1. The van der Waals surface area contributed by atoms with Gasteiger partial charge in [0.1, 0.15) is 11.9 Å². The molecule has 1 amide bonds. The second-order valence-corrected chi connectivity index (χ2v) is 6.06. The van der Waals surface area contributed by atoms with Crippen molar-refractivity contribution in [2.24, 2.45) is 0 Å². The molecular formula is C18H20ClN3O2. The van der Waals surface area contributed by atoms with Crippen molar-refractivity contribution in [3.8, 4) is 0 Å². The van der Waals surface area contributed by atoms with Crippen LogP contribution in [0.3, 0.4) is 0 Å². The number of ether oxygens (including phenoxy) is 1. The predicted octanol–water partition coefficient (Wildman–Crippen LogP) is 3.06. The molecule has 1 aliphatic rings. The number of carbonyl (C=O) groups excluding carboxylic acids is 1. The van der Waals surface area contributed by atoms with Gasteiger partial charge < -0.3 is 15.0 Å². The van der Waals surface area contributed by atoms with Crippen LogP contribution in [-0.4, -0.2) is 37.1 Å². The largest absolute Gasteiger partial charge is 0.370 e. The first-order valence-electron chi connectivity index (χ1n) is 8.03. The standard InChI is InChI=1S/C18H20ClN3O2/c1-2-20-18(23)14-7-8-21-17(11-14)22-9-10-24-16(12-22)13-3-5-15(19)6-4-13/h3-8,11,16H,2,9-10,12H2,1H3,(H,20,23). The van der Waals surface area contributed by atoms with Crippen molar-refractivity contribution in [2.75, 3.05) is 31.1 Å². The molecule has 24 heavy (non-hydrogen) atoms. The van der Waals surface area contributed by atoms with Gasteiger partial charge in [0.05, 0.1) is 6.61 Å². The SMILES string of the molecule is CCNC(=O)c1ccnc(N2CCOC(c3ccc(Cl)cc3)C2)c1. The van der Waals surface area contributed by atoms with Crippen LogP contribution >= 0.6 is 11.6 Å². The number of anilines is 1. The van der Waals surface area contributed by atoms with Crippen LogP contribution in [0.15, 0.2) is 42.6 Å². The van der Waals surface area contributed by atoms with Crippen molar-refractivity contribution in [2.45, 2.75) is 13.0 Å². The van der Waals surface area contributed by atoms with Crippen LogP contribution in [0.2, 0.25) is 5.02 Å². The first-order chi connectivity index (χ1) is 11.7. The van der Waals surface area contributed by atoms with E-state index in [1.165, 1.54) is 0 Å². The number of pyridine rings is 1. The Morgan fingerprint density at radius 3 is 2.92 bits per heavy atom. The molecule has 1 atom stereocenters. The summed E-state index contributed by atoms with van der Waals surface area (Å²) in [6.07, 6.45) is 1.64. The Kier molecular flexibility index (Phi) is 5.33. The first-order valence-corrected chi connectivity index (χ1v) is 8.41. The van der Waals surface area contributed by atoms with Gasteiger partial charge in [-0.2, -0.15) is 0 Å². The minimum absolute atomic E-state index is 0.0362. The average molecular weight is 346 g/mol. The lowest BCUT2D eigenvalue weighted by atomic mass is 10.1. The minimum Gasteiger partial charge on any atom is -0.370 e. The normalized spacial score (nSPS) is 17.6. The third kappa shape index (κ3) is 3.86. The van der Waals surface area contributed by atoms with Gasteiger partial charge in [0, 0.05) is 36.4 Å². The summed E-state index contributed by atoms with van der Waals surface area (Å²) in [6, 6.07) is 11.3. The van der Waals surface area contributed by atoms with Gasteiger partial charge in [-0.1, -0.05) is 23.7 Å². The predicted molar refractivity (Wildman–Crippen MR) is 94.6 cm³/mol.